The van der Waals surface area contributed by atoms with Crippen LogP contribution in [0.1, 0.15) is 71.4 Å². The molecule has 2 aliphatic heterocycles. The molecule has 5 heterocycles. The van der Waals surface area contributed by atoms with Crippen LogP contribution < -0.4 is 16.6 Å². The maximum absolute atomic E-state index is 15.2. The number of rotatable bonds is 12. The predicted octanol–water partition coefficient (Wildman–Crippen LogP) is 6.08. The third kappa shape index (κ3) is 7.33. The summed E-state index contributed by atoms with van der Waals surface area (Å²) in [6.07, 6.45) is -4.11. The Hall–Kier alpha value is -4.99. The van der Waals surface area contributed by atoms with Crippen LogP contribution in [0.4, 0.5) is 17.6 Å². The normalized spacial score (nSPS) is 16.4. The SMILES string of the molecule is Cc1ccc(C(Cn2c(=O)c3c(n(Cc4c(F)cccc4C(F)(F)F)c2=O)COC32CCN(Cc3cc4ccccc4o3)CC2)NCCCC(=O)O)o1. The van der Waals surface area contributed by atoms with Gasteiger partial charge in [0.25, 0.3) is 5.56 Å². The summed E-state index contributed by atoms with van der Waals surface area (Å²) in [7, 11) is 0. The predicted molar refractivity (Wildman–Crippen MR) is 184 cm³/mol. The van der Waals surface area contributed by atoms with Gasteiger partial charge in [-0.25, -0.2) is 9.18 Å². The average molecular weight is 739 g/mol. The summed E-state index contributed by atoms with van der Waals surface area (Å²) in [6.45, 7) is 2.07. The Kier molecular flexibility index (Phi) is 9.91. The highest BCUT2D eigenvalue weighted by atomic mass is 19.4. The molecule has 2 aliphatic rings. The van der Waals surface area contributed by atoms with Gasteiger partial charge in [0.1, 0.15) is 34.3 Å². The molecule has 2 N–H and O–H groups in total. The van der Waals surface area contributed by atoms with E-state index in [9.17, 15) is 27.6 Å². The molecule has 7 rings (SSSR count). The second-order valence-electron chi connectivity index (χ2n) is 13.6. The van der Waals surface area contributed by atoms with Crippen molar-refractivity contribution in [3.8, 4) is 0 Å². The smallest absolute Gasteiger partial charge is 0.416 e. The van der Waals surface area contributed by atoms with Crippen LogP contribution in [-0.4, -0.2) is 44.7 Å². The second-order valence-corrected chi connectivity index (χ2v) is 13.6. The summed E-state index contributed by atoms with van der Waals surface area (Å²) in [6, 6.07) is 14.8. The van der Waals surface area contributed by atoms with Crippen molar-refractivity contribution in [1.29, 1.82) is 0 Å². The molecule has 3 aromatic heterocycles. The first-order valence-electron chi connectivity index (χ1n) is 17.4. The first-order chi connectivity index (χ1) is 25.3. The number of furan rings is 2. The topological polar surface area (TPSA) is 132 Å². The minimum atomic E-state index is -4.91. The van der Waals surface area contributed by atoms with Gasteiger partial charge in [-0.1, -0.05) is 24.3 Å². The molecule has 11 nitrogen and oxygen atoms in total. The van der Waals surface area contributed by atoms with Gasteiger partial charge in [-0.05, 0) is 69.1 Å². The molecule has 0 aliphatic carbocycles. The van der Waals surface area contributed by atoms with Crippen molar-refractivity contribution in [3.63, 3.8) is 0 Å². The van der Waals surface area contributed by atoms with Gasteiger partial charge >= 0.3 is 17.8 Å². The molecular formula is C38H38F4N4O7. The number of nitrogens with zero attached hydrogens (tertiary/aromatic N) is 3. The quantitative estimate of drug-likeness (QED) is 0.116. The van der Waals surface area contributed by atoms with Gasteiger partial charge in [0, 0.05) is 30.5 Å². The van der Waals surface area contributed by atoms with Crippen molar-refractivity contribution < 1.29 is 41.0 Å². The van der Waals surface area contributed by atoms with Crippen LogP contribution in [0.5, 0.6) is 0 Å². The van der Waals surface area contributed by atoms with Crippen molar-refractivity contribution in [2.45, 2.75) is 76.7 Å². The highest BCUT2D eigenvalue weighted by Gasteiger charge is 2.47. The molecule has 53 heavy (non-hydrogen) atoms. The lowest BCUT2D eigenvalue weighted by atomic mass is 9.85. The molecule has 15 heteroatoms. The lowest BCUT2D eigenvalue weighted by molar-refractivity contribution is -0.138. The second kappa shape index (κ2) is 14.4. The van der Waals surface area contributed by atoms with Crippen LogP contribution in [0.15, 0.2) is 79.1 Å². The number of carboxylic acids is 1. The van der Waals surface area contributed by atoms with E-state index in [0.717, 1.165) is 44.1 Å². The van der Waals surface area contributed by atoms with Gasteiger partial charge in [0.2, 0.25) is 0 Å². The number of aliphatic carboxylic acids is 1. The third-order valence-electron chi connectivity index (χ3n) is 10.2. The number of nitrogens with one attached hydrogen (secondary N) is 1. The minimum Gasteiger partial charge on any atom is -0.481 e. The zero-order valence-electron chi connectivity index (χ0n) is 28.9. The Labute approximate surface area is 300 Å². The van der Waals surface area contributed by atoms with Crippen molar-refractivity contribution in [2.24, 2.45) is 0 Å². The number of hydrogen-bond donors (Lipinski definition) is 2. The molecular weight excluding hydrogens is 700 g/mol. The zero-order chi connectivity index (χ0) is 37.5. The molecule has 0 amide bonds. The Morgan fingerprint density at radius 3 is 2.47 bits per heavy atom. The standard InChI is InChI=1S/C38H38F4N4O7/c1-23-11-12-32(52-23)29(43-15-5-10-33(47)48)21-46-35(49)34-30(45(36(46)50)20-26-27(38(40,41)42)7-4-8-28(26)39)22-51-37(34)13-16-44(17-14-37)19-25-18-24-6-2-3-9-31(24)53-25/h2-4,6-9,11-12,18,29,43H,5,10,13-17,19-22H2,1H3,(H,47,48). The zero-order valence-corrected chi connectivity index (χ0v) is 28.9. The number of likely N-dealkylation sites (tertiary alicyclic amines) is 1. The molecule has 5 aromatic rings. The Bertz CT molecular complexity index is 2230. The lowest BCUT2D eigenvalue weighted by Crippen LogP contribution is -2.50. The van der Waals surface area contributed by atoms with E-state index < -0.39 is 58.5 Å². The third-order valence-corrected chi connectivity index (χ3v) is 10.2. The van der Waals surface area contributed by atoms with E-state index in [0.29, 0.717) is 44.0 Å². The van der Waals surface area contributed by atoms with Gasteiger partial charge in [0.15, 0.2) is 0 Å². The summed E-state index contributed by atoms with van der Waals surface area (Å²) < 4.78 is 77.9. The van der Waals surface area contributed by atoms with Crippen molar-refractivity contribution in [2.75, 3.05) is 19.6 Å². The van der Waals surface area contributed by atoms with Crippen LogP contribution in [0.25, 0.3) is 11.0 Å². The van der Waals surface area contributed by atoms with Gasteiger partial charge in [-0.15, -0.1) is 0 Å². The van der Waals surface area contributed by atoms with E-state index in [1.165, 1.54) is 0 Å². The molecule has 1 saturated heterocycles. The molecule has 1 fully saturated rings. The largest absolute Gasteiger partial charge is 0.481 e. The summed E-state index contributed by atoms with van der Waals surface area (Å²) in [5, 5.41) is 13.3. The number of alkyl halides is 3. The first-order valence-corrected chi connectivity index (χ1v) is 17.4. The van der Waals surface area contributed by atoms with Crippen molar-refractivity contribution in [3.05, 3.63) is 127 Å². The monoisotopic (exact) mass is 738 g/mol. The molecule has 1 spiro atoms. The molecule has 280 valence electrons. The Balaban J connectivity index is 1.27. The van der Waals surface area contributed by atoms with Crippen molar-refractivity contribution >= 4 is 16.9 Å². The summed E-state index contributed by atoms with van der Waals surface area (Å²) >= 11 is 0. The van der Waals surface area contributed by atoms with Crippen LogP contribution in [-0.2, 0) is 47.5 Å². The highest BCUT2D eigenvalue weighted by molar-refractivity contribution is 5.77. The van der Waals surface area contributed by atoms with Crippen molar-refractivity contribution in [1.82, 2.24) is 19.4 Å². The Morgan fingerprint density at radius 2 is 1.77 bits per heavy atom. The Morgan fingerprint density at radius 1 is 1.00 bits per heavy atom. The number of carbonyl (C=O) groups is 1. The first kappa shape index (κ1) is 36.4. The number of fused-ring (bicyclic) bond motifs is 3. The molecule has 1 atom stereocenters. The maximum atomic E-state index is 15.2. The van der Waals surface area contributed by atoms with Gasteiger partial charge in [0.05, 0.1) is 49.1 Å². The summed E-state index contributed by atoms with van der Waals surface area (Å²) in [4.78, 5) is 42.2. The summed E-state index contributed by atoms with van der Waals surface area (Å²) in [5.41, 5.74) is -3.67. The average Bonchev–Trinajstić information content (AvgIpc) is 3.83. The van der Waals surface area contributed by atoms with E-state index in [1.54, 1.807) is 19.1 Å². The summed E-state index contributed by atoms with van der Waals surface area (Å²) in [5.74, 6) is -0.442. The van der Waals surface area contributed by atoms with E-state index >= 15 is 4.39 Å². The van der Waals surface area contributed by atoms with Crippen LogP contribution >= 0.6 is 0 Å². The van der Waals surface area contributed by atoms with Gasteiger partial charge < -0.3 is 24.0 Å². The number of piperidine rings is 1. The number of para-hydroxylation sites is 1. The van der Waals surface area contributed by atoms with Crippen LogP contribution in [0.2, 0.25) is 0 Å². The number of halogens is 4. The van der Waals surface area contributed by atoms with Gasteiger partial charge in [-0.2, -0.15) is 13.2 Å². The van der Waals surface area contributed by atoms with Crippen LogP contribution in [0, 0.1) is 12.7 Å². The van der Waals surface area contributed by atoms with E-state index in [4.69, 9.17) is 18.7 Å². The molecule has 2 aromatic carbocycles. The van der Waals surface area contributed by atoms with E-state index in [1.807, 2.05) is 30.3 Å². The van der Waals surface area contributed by atoms with Gasteiger partial charge in [-0.3, -0.25) is 23.6 Å². The number of hydrogen-bond acceptors (Lipinski definition) is 8. The lowest BCUT2D eigenvalue weighted by Gasteiger charge is -2.38. The molecule has 0 radical (unpaired) electrons. The number of aryl methyl sites for hydroxylation is 1. The number of ether oxygens (including phenoxy) is 1. The van der Waals surface area contributed by atoms with E-state index in [-0.39, 0.29) is 43.8 Å². The number of benzene rings is 2. The van der Waals surface area contributed by atoms with E-state index in [2.05, 4.69) is 10.2 Å². The molecule has 0 saturated carbocycles. The fourth-order valence-electron chi connectivity index (χ4n) is 7.49. The highest BCUT2D eigenvalue weighted by Crippen LogP contribution is 2.43. The maximum Gasteiger partial charge on any atom is 0.416 e. The molecule has 1 unspecified atom stereocenters. The number of aromatic nitrogens is 2. The minimum absolute atomic E-state index is 0.109. The molecule has 0 bridgehead atoms. The fraction of sp³-hybridized carbons (Fsp3) is 0.395. The van der Waals surface area contributed by atoms with Crippen LogP contribution in [0.3, 0.4) is 0 Å². The number of carboxylic acid groups (broad SMARTS) is 1. The fourth-order valence-corrected chi connectivity index (χ4v) is 7.49.